The molecule has 3 heterocycles. The maximum Gasteiger partial charge on any atom is 0.231 e. The quantitative estimate of drug-likeness (QED) is 0.905. The fourth-order valence-electron chi connectivity index (χ4n) is 4.62. The lowest BCUT2D eigenvalue weighted by molar-refractivity contribution is -0.131. The first-order valence-electron chi connectivity index (χ1n) is 9.33. The molecule has 140 valence electrons. The second kappa shape index (κ2) is 6.53. The van der Waals surface area contributed by atoms with Crippen LogP contribution in [-0.2, 0) is 11.2 Å². The number of likely N-dealkylation sites (tertiary alicyclic amines) is 1. The third-order valence-electron chi connectivity index (χ3n) is 5.87. The molecule has 2 saturated heterocycles. The number of carbonyl (C=O) groups excluding carboxylic acids is 1. The van der Waals surface area contributed by atoms with Crippen LogP contribution in [0.1, 0.15) is 17.2 Å². The summed E-state index contributed by atoms with van der Waals surface area (Å²) >= 11 is 0. The van der Waals surface area contributed by atoms with Crippen LogP contribution in [0.25, 0.3) is 0 Å². The Morgan fingerprint density at radius 3 is 2.93 bits per heavy atom. The van der Waals surface area contributed by atoms with Gasteiger partial charge in [-0.1, -0.05) is 18.2 Å². The standard InChI is InChI=1S/C21H21FN2O3/c22-16-3-1-2-14(8-16)21-17-10-23-9-15(17)11-24(21)20(25)7-13-4-5-18-19(6-13)27-12-26-18/h1-6,8,15,17,21,23H,7,9-12H2/t15-,17-,21+/m0/s1. The van der Waals surface area contributed by atoms with Crippen molar-refractivity contribution in [2.24, 2.45) is 11.8 Å². The Labute approximate surface area is 157 Å². The van der Waals surface area contributed by atoms with Crippen molar-refractivity contribution < 1.29 is 18.7 Å². The van der Waals surface area contributed by atoms with Crippen molar-refractivity contribution in [3.05, 3.63) is 59.4 Å². The van der Waals surface area contributed by atoms with Crippen LogP contribution in [0.4, 0.5) is 4.39 Å². The van der Waals surface area contributed by atoms with Crippen LogP contribution in [0, 0.1) is 17.7 Å². The summed E-state index contributed by atoms with van der Waals surface area (Å²) < 4.78 is 24.6. The highest BCUT2D eigenvalue weighted by Gasteiger charge is 2.46. The molecule has 0 unspecified atom stereocenters. The number of nitrogens with one attached hydrogen (secondary N) is 1. The van der Waals surface area contributed by atoms with Crippen LogP contribution in [-0.4, -0.2) is 37.2 Å². The molecular weight excluding hydrogens is 347 g/mol. The molecule has 0 spiro atoms. The van der Waals surface area contributed by atoms with E-state index in [9.17, 15) is 9.18 Å². The third-order valence-corrected chi connectivity index (χ3v) is 5.87. The zero-order chi connectivity index (χ0) is 18.4. The van der Waals surface area contributed by atoms with Gasteiger partial charge in [0.2, 0.25) is 12.7 Å². The number of nitrogens with zero attached hydrogens (tertiary/aromatic N) is 1. The molecule has 1 N–H and O–H groups in total. The number of halogens is 1. The van der Waals surface area contributed by atoms with Crippen molar-refractivity contribution in [1.29, 1.82) is 0 Å². The average molecular weight is 368 g/mol. The van der Waals surface area contributed by atoms with Gasteiger partial charge in [-0.2, -0.15) is 0 Å². The second-order valence-electron chi connectivity index (χ2n) is 7.49. The summed E-state index contributed by atoms with van der Waals surface area (Å²) in [4.78, 5) is 15.1. The number of benzene rings is 2. The van der Waals surface area contributed by atoms with Crippen LogP contribution >= 0.6 is 0 Å². The third kappa shape index (κ3) is 2.94. The maximum absolute atomic E-state index is 13.8. The number of amides is 1. The van der Waals surface area contributed by atoms with Gasteiger partial charge in [-0.15, -0.1) is 0 Å². The summed E-state index contributed by atoms with van der Waals surface area (Å²) in [6, 6.07) is 12.2. The van der Waals surface area contributed by atoms with Crippen LogP contribution in [0.2, 0.25) is 0 Å². The Bertz CT molecular complexity index is 887. The Morgan fingerprint density at radius 2 is 2.04 bits per heavy atom. The lowest BCUT2D eigenvalue weighted by atomic mass is 9.89. The molecule has 27 heavy (non-hydrogen) atoms. The molecule has 2 aromatic rings. The summed E-state index contributed by atoms with van der Waals surface area (Å²) in [5.41, 5.74) is 1.78. The molecule has 0 saturated carbocycles. The zero-order valence-electron chi connectivity index (χ0n) is 14.9. The lowest BCUT2D eigenvalue weighted by Crippen LogP contribution is -2.35. The van der Waals surface area contributed by atoms with Crippen LogP contribution in [0.3, 0.4) is 0 Å². The number of ether oxygens (including phenoxy) is 2. The average Bonchev–Trinajstić information content (AvgIpc) is 3.36. The normalized spacial score (nSPS) is 25.7. The molecule has 0 bridgehead atoms. The second-order valence-corrected chi connectivity index (χ2v) is 7.49. The van der Waals surface area contributed by atoms with E-state index in [0.717, 1.165) is 24.2 Å². The van der Waals surface area contributed by atoms with Crippen LogP contribution in [0.5, 0.6) is 11.5 Å². The van der Waals surface area contributed by atoms with E-state index in [1.54, 1.807) is 12.1 Å². The number of hydrogen-bond acceptors (Lipinski definition) is 4. The van der Waals surface area contributed by atoms with Gasteiger partial charge in [0.15, 0.2) is 11.5 Å². The van der Waals surface area contributed by atoms with Gasteiger partial charge in [0, 0.05) is 25.6 Å². The van der Waals surface area contributed by atoms with E-state index in [0.29, 0.717) is 36.3 Å². The van der Waals surface area contributed by atoms with E-state index >= 15 is 0 Å². The van der Waals surface area contributed by atoms with E-state index in [1.165, 1.54) is 6.07 Å². The molecule has 0 aromatic heterocycles. The molecular formula is C21H21FN2O3. The molecule has 0 aliphatic carbocycles. The molecule has 2 fully saturated rings. The Balaban J connectivity index is 1.41. The van der Waals surface area contributed by atoms with Crippen molar-refractivity contribution in [3.63, 3.8) is 0 Å². The minimum absolute atomic E-state index is 0.0672. The molecule has 5 nitrogen and oxygen atoms in total. The van der Waals surface area contributed by atoms with Crippen molar-refractivity contribution in [1.82, 2.24) is 10.2 Å². The van der Waals surface area contributed by atoms with Gasteiger partial charge >= 0.3 is 0 Å². The molecule has 2 aromatic carbocycles. The first-order valence-corrected chi connectivity index (χ1v) is 9.33. The highest BCUT2D eigenvalue weighted by atomic mass is 19.1. The summed E-state index contributed by atoms with van der Waals surface area (Å²) in [6.45, 7) is 2.70. The van der Waals surface area contributed by atoms with Crippen LogP contribution in [0.15, 0.2) is 42.5 Å². The molecule has 1 amide bonds. The number of hydrogen-bond donors (Lipinski definition) is 1. The van der Waals surface area contributed by atoms with E-state index in [1.807, 2.05) is 29.2 Å². The molecule has 5 rings (SSSR count). The molecule has 0 radical (unpaired) electrons. The summed E-state index contributed by atoms with van der Waals surface area (Å²) in [6.07, 6.45) is 0.301. The van der Waals surface area contributed by atoms with Gasteiger partial charge in [-0.05, 0) is 41.3 Å². The minimum Gasteiger partial charge on any atom is -0.454 e. The van der Waals surface area contributed by atoms with E-state index in [4.69, 9.17) is 9.47 Å². The smallest absolute Gasteiger partial charge is 0.231 e. The maximum atomic E-state index is 13.8. The van der Waals surface area contributed by atoms with Gasteiger partial charge in [0.25, 0.3) is 0 Å². The number of fused-ring (bicyclic) bond motifs is 2. The molecule has 6 heteroatoms. The summed E-state index contributed by atoms with van der Waals surface area (Å²) in [5.74, 6) is 1.95. The van der Waals surface area contributed by atoms with E-state index in [2.05, 4.69) is 5.32 Å². The van der Waals surface area contributed by atoms with Gasteiger partial charge in [0.05, 0.1) is 12.5 Å². The Morgan fingerprint density at radius 1 is 1.15 bits per heavy atom. The van der Waals surface area contributed by atoms with Gasteiger partial charge in [-0.3, -0.25) is 4.79 Å². The van der Waals surface area contributed by atoms with Gasteiger partial charge < -0.3 is 19.7 Å². The van der Waals surface area contributed by atoms with E-state index < -0.39 is 0 Å². The molecule has 3 atom stereocenters. The van der Waals surface area contributed by atoms with Crippen molar-refractivity contribution in [2.45, 2.75) is 12.5 Å². The highest BCUT2D eigenvalue weighted by Crippen LogP contribution is 2.43. The predicted molar refractivity (Wildman–Crippen MR) is 97.0 cm³/mol. The van der Waals surface area contributed by atoms with E-state index in [-0.39, 0.29) is 24.6 Å². The van der Waals surface area contributed by atoms with Crippen molar-refractivity contribution in [3.8, 4) is 11.5 Å². The number of rotatable bonds is 3. The largest absolute Gasteiger partial charge is 0.454 e. The predicted octanol–water partition coefficient (Wildman–Crippen LogP) is 2.52. The monoisotopic (exact) mass is 368 g/mol. The fourth-order valence-corrected chi connectivity index (χ4v) is 4.62. The zero-order valence-corrected chi connectivity index (χ0v) is 14.9. The summed E-state index contributed by atoms with van der Waals surface area (Å²) in [5, 5.41) is 3.41. The molecule has 3 aliphatic rings. The Kier molecular flexibility index (Phi) is 4.01. The highest BCUT2D eigenvalue weighted by molar-refractivity contribution is 5.80. The number of carbonyl (C=O) groups is 1. The minimum atomic E-state index is -0.259. The van der Waals surface area contributed by atoms with Crippen molar-refractivity contribution >= 4 is 5.91 Å². The summed E-state index contributed by atoms with van der Waals surface area (Å²) in [7, 11) is 0. The molecule has 3 aliphatic heterocycles. The first-order chi connectivity index (χ1) is 13.2. The van der Waals surface area contributed by atoms with Gasteiger partial charge in [-0.25, -0.2) is 4.39 Å². The van der Waals surface area contributed by atoms with Crippen molar-refractivity contribution in [2.75, 3.05) is 26.4 Å². The fraction of sp³-hybridized carbons (Fsp3) is 0.381. The van der Waals surface area contributed by atoms with Gasteiger partial charge in [0.1, 0.15) is 5.82 Å². The topological polar surface area (TPSA) is 50.8 Å². The SMILES string of the molecule is O=C(Cc1ccc2c(c1)OCO2)N1C[C@@H]2CNC[C@@H]2[C@H]1c1cccc(F)c1. The van der Waals surface area contributed by atoms with Crippen LogP contribution < -0.4 is 14.8 Å². The first kappa shape index (κ1) is 16.6. The Hall–Kier alpha value is -2.60. The lowest BCUT2D eigenvalue weighted by Gasteiger charge is -2.28.